The van der Waals surface area contributed by atoms with Gasteiger partial charge in [0, 0.05) is 11.1 Å². The monoisotopic (exact) mass is 340 g/mol. The van der Waals surface area contributed by atoms with Gasteiger partial charge in [0.1, 0.15) is 5.75 Å². The van der Waals surface area contributed by atoms with E-state index in [2.05, 4.69) is 36.4 Å². The summed E-state index contributed by atoms with van der Waals surface area (Å²) in [6, 6.07) is 24.4. The fourth-order valence-corrected chi connectivity index (χ4v) is 3.42. The summed E-state index contributed by atoms with van der Waals surface area (Å²) in [5.74, 6) is 0.932. The number of Topliss-reactive ketones (excluding diaryl/α,β-unsaturated/α-hetero) is 1. The summed E-state index contributed by atoms with van der Waals surface area (Å²) < 4.78 is 5.26. The van der Waals surface area contributed by atoms with Crippen LogP contribution in [0.2, 0.25) is 0 Å². The Morgan fingerprint density at radius 3 is 2.31 bits per heavy atom. The van der Waals surface area contributed by atoms with Gasteiger partial charge in [0.05, 0.1) is 7.11 Å². The Morgan fingerprint density at radius 2 is 1.58 bits per heavy atom. The predicted octanol–water partition coefficient (Wildman–Crippen LogP) is 5.57. The van der Waals surface area contributed by atoms with Crippen molar-refractivity contribution in [3.63, 3.8) is 0 Å². The van der Waals surface area contributed by atoms with Crippen molar-refractivity contribution in [1.82, 2.24) is 0 Å². The topological polar surface area (TPSA) is 26.3 Å². The molecule has 2 nitrogen and oxygen atoms in total. The number of ether oxygens (including phenoxy) is 1. The van der Waals surface area contributed by atoms with E-state index in [-0.39, 0.29) is 5.78 Å². The second-order valence-corrected chi connectivity index (χ2v) is 6.51. The number of carbonyl (C=O) groups excluding carboxylic acids is 1. The molecule has 0 fully saturated rings. The summed E-state index contributed by atoms with van der Waals surface area (Å²) in [6.45, 7) is 0. The van der Waals surface area contributed by atoms with Gasteiger partial charge in [-0.25, -0.2) is 0 Å². The maximum atomic E-state index is 12.8. The molecule has 128 valence electrons. The van der Waals surface area contributed by atoms with Crippen molar-refractivity contribution in [2.45, 2.75) is 12.8 Å². The van der Waals surface area contributed by atoms with Gasteiger partial charge in [0.15, 0.2) is 5.78 Å². The first-order chi connectivity index (χ1) is 12.7. The highest BCUT2D eigenvalue weighted by atomic mass is 16.5. The van der Waals surface area contributed by atoms with Gasteiger partial charge >= 0.3 is 0 Å². The van der Waals surface area contributed by atoms with E-state index in [0.717, 1.165) is 40.9 Å². The molecule has 0 saturated heterocycles. The van der Waals surface area contributed by atoms with Gasteiger partial charge in [-0.3, -0.25) is 4.79 Å². The lowest BCUT2D eigenvalue weighted by Crippen LogP contribution is -2.14. The molecule has 1 aliphatic carbocycles. The Morgan fingerprint density at radius 1 is 0.846 bits per heavy atom. The Hall–Kier alpha value is -3.13. The number of allylic oxidation sites excluding steroid dienone is 1. The lowest BCUT2D eigenvalue weighted by molar-refractivity contribution is 0.102. The van der Waals surface area contributed by atoms with Crippen molar-refractivity contribution >= 4 is 11.9 Å². The third kappa shape index (κ3) is 3.18. The first-order valence-electron chi connectivity index (χ1n) is 8.82. The van der Waals surface area contributed by atoms with Gasteiger partial charge in [-0.1, -0.05) is 54.6 Å². The maximum Gasteiger partial charge on any atom is 0.189 e. The van der Waals surface area contributed by atoms with Crippen molar-refractivity contribution in [3.05, 3.63) is 95.1 Å². The van der Waals surface area contributed by atoms with E-state index in [9.17, 15) is 4.79 Å². The van der Waals surface area contributed by atoms with E-state index in [1.54, 1.807) is 7.11 Å². The first kappa shape index (κ1) is 16.3. The zero-order valence-electron chi connectivity index (χ0n) is 14.7. The Kier molecular flexibility index (Phi) is 4.40. The molecule has 2 heteroatoms. The summed E-state index contributed by atoms with van der Waals surface area (Å²) in [4.78, 5) is 12.8. The number of hydrogen-bond acceptors (Lipinski definition) is 2. The molecule has 0 saturated carbocycles. The van der Waals surface area contributed by atoms with Crippen LogP contribution in [0.1, 0.15) is 27.9 Å². The van der Waals surface area contributed by atoms with Crippen molar-refractivity contribution in [2.24, 2.45) is 0 Å². The van der Waals surface area contributed by atoms with Crippen LogP contribution in [0.3, 0.4) is 0 Å². The standard InChI is InChI=1S/C24H20O2/c1-26-22-13-14-23-20(16-22)11-12-21(24(23)25)15-17-7-9-19(10-8-17)18-5-3-2-4-6-18/h2-10,13-16H,11-12H2,1H3/b21-15+. The Labute approximate surface area is 153 Å². The zero-order valence-corrected chi connectivity index (χ0v) is 14.7. The summed E-state index contributed by atoms with van der Waals surface area (Å²) in [5, 5.41) is 0. The average molecular weight is 340 g/mol. The Balaban J connectivity index is 1.59. The minimum absolute atomic E-state index is 0.126. The molecule has 0 aromatic heterocycles. The number of rotatable bonds is 3. The lowest BCUT2D eigenvalue weighted by atomic mass is 9.86. The average Bonchev–Trinajstić information content (AvgIpc) is 2.71. The number of aryl methyl sites for hydroxylation is 1. The summed E-state index contributed by atoms with van der Waals surface area (Å²) >= 11 is 0. The van der Waals surface area contributed by atoms with E-state index in [4.69, 9.17) is 4.74 Å². The molecule has 0 N–H and O–H groups in total. The van der Waals surface area contributed by atoms with Crippen LogP contribution in [-0.2, 0) is 6.42 Å². The molecule has 0 spiro atoms. The molecule has 26 heavy (non-hydrogen) atoms. The SMILES string of the molecule is COc1ccc2c(c1)CC/C(=C\c1ccc(-c3ccccc3)cc1)C2=O. The zero-order chi connectivity index (χ0) is 17.9. The second kappa shape index (κ2) is 7.01. The van der Waals surface area contributed by atoms with Gasteiger partial charge < -0.3 is 4.74 Å². The molecule has 4 rings (SSSR count). The minimum Gasteiger partial charge on any atom is -0.497 e. The van der Waals surface area contributed by atoms with Crippen LogP contribution in [-0.4, -0.2) is 12.9 Å². The number of ketones is 1. The highest BCUT2D eigenvalue weighted by Crippen LogP contribution is 2.29. The number of fused-ring (bicyclic) bond motifs is 1. The van der Waals surface area contributed by atoms with Gasteiger partial charge in [-0.05, 0) is 59.4 Å². The van der Waals surface area contributed by atoms with Crippen LogP contribution in [0.25, 0.3) is 17.2 Å². The fourth-order valence-electron chi connectivity index (χ4n) is 3.42. The van der Waals surface area contributed by atoms with Crippen molar-refractivity contribution < 1.29 is 9.53 Å². The molecule has 0 atom stereocenters. The van der Waals surface area contributed by atoms with Crippen LogP contribution in [0.15, 0.2) is 78.4 Å². The molecule has 0 bridgehead atoms. The highest BCUT2D eigenvalue weighted by Gasteiger charge is 2.22. The molecule has 0 aliphatic heterocycles. The van der Waals surface area contributed by atoms with Gasteiger partial charge in [-0.2, -0.15) is 0 Å². The number of methoxy groups -OCH3 is 1. The fraction of sp³-hybridized carbons (Fsp3) is 0.125. The molecule has 1 aliphatic rings. The van der Waals surface area contributed by atoms with Crippen LogP contribution in [0.5, 0.6) is 5.75 Å². The normalized spacial score (nSPS) is 15.0. The van der Waals surface area contributed by atoms with Crippen LogP contribution in [0.4, 0.5) is 0 Å². The molecule has 0 radical (unpaired) electrons. The van der Waals surface area contributed by atoms with Gasteiger partial charge in [0.25, 0.3) is 0 Å². The quantitative estimate of drug-likeness (QED) is 0.582. The highest BCUT2D eigenvalue weighted by molar-refractivity contribution is 6.13. The number of hydrogen-bond donors (Lipinski definition) is 0. The minimum atomic E-state index is 0.126. The lowest BCUT2D eigenvalue weighted by Gasteiger charge is -2.18. The van der Waals surface area contributed by atoms with Crippen LogP contribution < -0.4 is 4.74 Å². The van der Waals surface area contributed by atoms with E-state index in [1.807, 2.05) is 42.5 Å². The summed E-state index contributed by atoms with van der Waals surface area (Å²) in [7, 11) is 1.65. The smallest absolute Gasteiger partial charge is 0.189 e. The van der Waals surface area contributed by atoms with E-state index in [0.29, 0.717) is 0 Å². The number of benzene rings is 3. The van der Waals surface area contributed by atoms with Crippen molar-refractivity contribution in [2.75, 3.05) is 7.11 Å². The molecule has 3 aromatic rings. The van der Waals surface area contributed by atoms with E-state index < -0.39 is 0 Å². The van der Waals surface area contributed by atoms with Gasteiger partial charge in [-0.15, -0.1) is 0 Å². The van der Waals surface area contributed by atoms with Crippen molar-refractivity contribution in [3.8, 4) is 16.9 Å². The third-order valence-electron chi connectivity index (χ3n) is 4.87. The van der Waals surface area contributed by atoms with Crippen LogP contribution in [0, 0.1) is 0 Å². The first-order valence-corrected chi connectivity index (χ1v) is 8.82. The second-order valence-electron chi connectivity index (χ2n) is 6.51. The molecule has 0 amide bonds. The van der Waals surface area contributed by atoms with Crippen molar-refractivity contribution in [1.29, 1.82) is 0 Å². The summed E-state index contributed by atoms with van der Waals surface area (Å²) in [5.41, 5.74) is 6.18. The number of carbonyl (C=O) groups is 1. The summed E-state index contributed by atoms with van der Waals surface area (Å²) in [6.07, 6.45) is 3.65. The molecular formula is C24H20O2. The van der Waals surface area contributed by atoms with E-state index >= 15 is 0 Å². The molecule has 3 aromatic carbocycles. The third-order valence-corrected chi connectivity index (χ3v) is 4.87. The molecule has 0 heterocycles. The van der Waals surface area contributed by atoms with Gasteiger partial charge in [0.2, 0.25) is 0 Å². The molecule has 0 unspecified atom stereocenters. The molecular weight excluding hydrogens is 320 g/mol. The maximum absolute atomic E-state index is 12.8. The van der Waals surface area contributed by atoms with Crippen LogP contribution >= 0.6 is 0 Å². The Bertz CT molecular complexity index is 967. The van der Waals surface area contributed by atoms with E-state index in [1.165, 1.54) is 11.1 Å². The largest absolute Gasteiger partial charge is 0.497 e. The predicted molar refractivity (Wildman–Crippen MR) is 106 cm³/mol.